The molecule has 1 N–H and O–H groups in total. The number of carbonyl (C=O) groups is 1. The van der Waals surface area contributed by atoms with E-state index >= 15 is 0 Å². The first-order chi connectivity index (χ1) is 10.1. The van der Waals surface area contributed by atoms with Gasteiger partial charge in [0.25, 0.3) is 0 Å². The van der Waals surface area contributed by atoms with Crippen LogP contribution in [0.2, 0.25) is 5.02 Å². The fraction of sp³-hybridized carbons (Fsp3) is 0.188. The lowest BCUT2D eigenvalue weighted by Crippen LogP contribution is -2.08. The summed E-state index contributed by atoms with van der Waals surface area (Å²) in [6.45, 7) is 0.198. The number of halogens is 1. The van der Waals surface area contributed by atoms with Crippen molar-refractivity contribution in [3.8, 4) is 11.5 Å². The SMILES string of the molecule is O=C(O)C[C@@H](c1ccc(Cl)cc1)c1ccc2c(c1)OCO2. The Morgan fingerprint density at radius 2 is 1.76 bits per heavy atom. The van der Waals surface area contributed by atoms with Gasteiger partial charge in [-0.1, -0.05) is 29.8 Å². The van der Waals surface area contributed by atoms with Crippen molar-refractivity contribution in [2.45, 2.75) is 12.3 Å². The van der Waals surface area contributed by atoms with E-state index in [1.807, 2.05) is 30.3 Å². The predicted octanol–water partition coefficient (Wildman–Crippen LogP) is 3.68. The highest BCUT2D eigenvalue weighted by atomic mass is 35.5. The molecule has 0 fully saturated rings. The van der Waals surface area contributed by atoms with Crippen molar-refractivity contribution in [2.75, 3.05) is 6.79 Å². The van der Waals surface area contributed by atoms with Crippen molar-refractivity contribution in [3.63, 3.8) is 0 Å². The molecular weight excluding hydrogens is 292 g/mol. The molecule has 0 amide bonds. The topological polar surface area (TPSA) is 55.8 Å². The third kappa shape index (κ3) is 2.95. The minimum Gasteiger partial charge on any atom is -0.481 e. The maximum Gasteiger partial charge on any atom is 0.304 e. The number of hydrogen-bond donors (Lipinski definition) is 1. The molecule has 1 atom stereocenters. The van der Waals surface area contributed by atoms with Crippen LogP contribution >= 0.6 is 11.6 Å². The van der Waals surface area contributed by atoms with Gasteiger partial charge < -0.3 is 14.6 Å². The van der Waals surface area contributed by atoms with E-state index in [2.05, 4.69) is 0 Å². The second-order valence-electron chi connectivity index (χ2n) is 4.81. The van der Waals surface area contributed by atoms with Gasteiger partial charge in [-0.05, 0) is 35.4 Å². The van der Waals surface area contributed by atoms with Crippen LogP contribution in [-0.2, 0) is 4.79 Å². The van der Waals surface area contributed by atoms with Crippen molar-refractivity contribution < 1.29 is 19.4 Å². The van der Waals surface area contributed by atoms with Gasteiger partial charge in [-0.15, -0.1) is 0 Å². The van der Waals surface area contributed by atoms with Crippen LogP contribution in [0.5, 0.6) is 11.5 Å². The largest absolute Gasteiger partial charge is 0.481 e. The first-order valence-corrected chi connectivity index (χ1v) is 6.88. The summed E-state index contributed by atoms with van der Waals surface area (Å²) in [5.74, 6) is 0.225. The number of rotatable bonds is 4. The van der Waals surface area contributed by atoms with Crippen molar-refractivity contribution in [1.29, 1.82) is 0 Å². The van der Waals surface area contributed by atoms with Gasteiger partial charge in [-0.2, -0.15) is 0 Å². The summed E-state index contributed by atoms with van der Waals surface area (Å²) in [6, 6.07) is 12.7. The first-order valence-electron chi connectivity index (χ1n) is 6.50. The summed E-state index contributed by atoms with van der Waals surface area (Å²) >= 11 is 5.89. The summed E-state index contributed by atoms with van der Waals surface area (Å²) in [7, 11) is 0. The van der Waals surface area contributed by atoms with Crippen LogP contribution in [0.3, 0.4) is 0 Å². The molecule has 0 bridgehead atoms. The lowest BCUT2D eigenvalue weighted by atomic mass is 9.88. The zero-order chi connectivity index (χ0) is 14.8. The fourth-order valence-corrected chi connectivity index (χ4v) is 2.55. The van der Waals surface area contributed by atoms with Crippen molar-refractivity contribution in [2.24, 2.45) is 0 Å². The van der Waals surface area contributed by atoms with Crippen molar-refractivity contribution in [1.82, 2.24) is 0 Å². The molecule has 5 heteroatoms. The van der Waals surface area contributed by atoms with E-state index in [0.29, 0.717) is 16.5 Å². The van der Waals surface area contributed by atoms with Gasteiger partial charge in [-0.3, -0.25) is 4.79 Å². The average Bonchev–Trinajstić information content (AvgIpc) is 2.93. The van der Waals surface area contributed by atoms with E-state index in [0.717, 1.165) is 11.1 Å². The fourth-order valence-electron chi connectivity index (χ4n) is 2.43. The molecule has 1 aliphatic rings. The number of aliphatic carboxylic acids is 1. The van der Waals surface area contributed by atoms with E-state index in [9.17, 15) is 9.90 Å². The summed E-state index contributed by atoms with van der Waals surface area (Å²) in [5, 5.41) is 9.80. The third-order valence-corrected chi connectivity index (χ3v) is 3.70. The number of fused-ring (bicyclic) bond motifs is 1. The van der Waals surface area contributed by atoms with Gasteiger partial charge in [0.05, 0.1) is 6.42 Å². The van der Waals surface area contributed by atoms with Crippen LogP contribution in [0.1, 0.15) is 23.5 Å². The number of benzene rings is 2. The minimum absolute atomic E-state index is 0.00127. The molecule has 0 saturated carbocycles. The molecule has 0 saturated heterocycles. The van der Waals surface area contributed by atoms with Crippen LogP contribution < -0.4 is 9.47 Å². The number of ether oxygens (including phenoxy) is 2. The van der Waals surface area contributed by atoms with E-state index in [-0.39, 0.29) is 19.1 Å². The average molecular weight is 305 g/mol. The molecule has 3 rings (SSSR count). The summed E-state index contributed by atoms with van der Waals surface area (Å²) in [5.41, 5.74) is 1.78. The highest BCUT2D eigenvalue weighted by molar-refractivity contribution is 6.30. The Balaban J connectivity index is 1.99. The zero-order valence-corrected chi connectivity index (χ0v) is 11.8. The lowest BCUT2D eigenvalue weighted by Gasteiger charge is -2.16. The Morgan fingerprint density at radius 3 is 2.48 bits per heavy atom. The zero-order valence-electron chi connectivity index (χ0n) is 11.1. The molecule has 108 valence electrons. The van der Waals surface area contributed by atoms with Crippen molar-refractivity contribution in [3.05, 3.63) is 58.6 Å². The number of hydrogen-bond acceptors (Lipinski definition) is 3. The standard InChI is InChI=1S/C16H13ClO4/c17-12-4-1-10(2-5-12)13(8-16(18)19)11-3-6-14-15(7-11)21-9-20-14/h1-7,13H,8-9H2,(H,18,19)/t13-/m0/s1. The quantitative estimate of drug-likeness (QED) is 0.936. The highest BCUT2D eigenvalue weighted by Gasteiger charge is 2.21. The number of carboxylic acid groups (broad SMARTS) is 1. The highest BCUT2D eigenvalue weighted by Crippen LogP contribution is 2.37. The second-order valence-corrected chi connectivity index (χ2v) is 5.25. The Morgan fingerprint density at radius 1 is 1.10 bits per heavy atom. The van der Waals surface area contributed by atoms with E-state index in [4.69, 9.17) is 21.1 Å². The van der Waals surface area contributed by atoms with E-state index < -0.39 is 5.97 Å². The predicted molar refractivity (Wildman–Crippen MR) is 78.1 cm³/mol. The molecule has 0 unspecified atom stereocenters. The molecule has 2 aromatic rings. The second kappa shape index (κ2) is 5.66. The molecular formula is C16H13ClO4. The van der Waals surface area contributed by atoms with Crippen molar-refractivity contribution >= 4 is 17.6 Å². The van der Waals surface area contributed by atoms with Crippen LogP contribution in [0, 0.1) is 0 Å². The number of carboxylic acids is 1. The minimum atomic E-state index is -0.854. The Hall–Kier alpha value is -2.20. The molecule has 2 aromatic carbocycles. The Bertz CT molecular complexity index is 666. The first kappa shape index (κ1) is 13.8. The van der Waals surface area contributed by atoms with E-state index in [1.54, 1.807) is 12.1 Å². The molecule has 1 aliphatic heterocycles. The van der Waals surface area contributed by atoms with E-state index in [1.165, 1.54) is 0 Å². The summed E-state index contributed by atoms with van der Waals surface area (Å²) < 4.78 is 10.6. The van der Waals surface area contributed by atoms with Crippen LogP contribution in [0.25, 0.3) is 0 Å². The maximum absolute atomic E-state index is 11.2. The normalized spacial score (nSPS) is 14.0. The molecule has 21 heavy (non-hydrogen) atoms. The maximum atomic E-state index is 11.2. The van der Waals surface area contributed by atoms with Gasteiger partial charge in [0, 0.05) is 10.9 Å². The molecule has 4 nitrogen and oxygen atoms in total. The Labute approximate surface area is 126 Å². The molecule has 1 heterocycles. The summed E-state index contributed by atoms with van der Waals surface area (Å²) in [4.78, 5) is 11.2. The van der Waals surface area contributed by atoms with Gasteiger partial charge in [0.1, 0.15) is 0 Å². The Kier molecular flexibility index (Phi) is 3.71. The molecule has 0 aromatic heterocycles. The van der Waals surface area contributed by atoms with Gasteiger partial charge in [0.15, 0.2) is 11.5 Å². The van der Waals surface area contributed by atoms with Gasteiger partial charge in [-0.25, -0.2) is 0 Å². The van der Waals surface area contributed by atoms with Crippen LogP contribution in [0.15, 0.2) is 42.5 Å². The molecule has 0 aliphatic carbocycles. The van der Waals surface area contributed by atoms with Gasteiger partial charge >= 0.3 is 5.97 Å². The van der Waals surface area contributed by atoms with Crippen LogP contribution in [0.4, 0.5) is 0 Å². The van der Waals surface area contributed by atoms with Gasteiger partial charge in [0.2, 0.25) is 6.79 Å². The summed E-state index contributed by atoms with van der Waals surface area (Å²) in [6.07, 6.45) is 0.00127. The smallest absolute Gasteiger partial charge is 0.304 e. The lowest BCUT2D eigenvalue weighted by molar-refractivity contribution is -0.137. The third-order valence-electron chi connectivity index (χ3n) is 3.45. The van der Waals surface area contributed by atoms with Crippen LogP contribution in [-0.4, -0.2) is 17.9 Å². The monoisotopic (exact) mass is 304 g/mol. The molecule has 0 spiro atoms. The molecule has 0 radical (unpaired) electrons.